The molecule has 1 saturated heterocycles. The highest BCUT2D eigenvalue weighted by Crippen LogP contribution is 2.30. The molecule has 1 amide bonds. The van der Waals surface area contributed by atoms with E-state index in [0.717, 1.165) is 43.0 Å². The Morgan fingerprint density at radius 1 is 1.10 bits per heavy atom. The summed E-state index contributed by atoms with van der Waals surface area (Å²) in [6, 6.07) is 14.6. The van der Waals surface area contributed by atoms with Crippen molar-refractivity contribution in [3.05, 3.63) is 76.9 Å². The van der Waals surface area contributed by atoms with Crippen LogP contribution in [0.5, 0.6) is 0 Å². The van der Waals surface area contributed by atoms with Gasteiger partial charge in [0.2, 0.25) is 11.0 Å². The number of halogens is 1. The molecule has 1 fully saturated rings. The number of anilines is 1. The second-order valence-corrected chi connectivity index (χ2v) is 8.66. The lowest BCUT2D eigenvalue weighted by molar-refractivity contribution is -0.133. The number of benzene rings is 2. The summed E-state index contributed by atoms with van der Waals surface area (Å²) < 4.78 is 17.6. The van der Waals surface area contributed by atoms with Gasteiger partial charge in [0, 0.05) is 37.6 Å². The van der Waals surface area contributed by atoms with E-state index in [4.69, 9.17) is 4.98 Å². The van der Waals surface area contributed by atoms with Gasteiger partial charge in [-0.15, -0.1) is 0 Å². The van der Waals surface area contributed by atoms with E-state index in [1.807, 2.05) is 11.0 Å². The largest absolute Gasteiger partial charge is 0.336 e. The van der Waals surface area contributed by atoms with Crippen LogP contribution in [-0.4, -0.2) is 39.3 Å². The fourth-order valence-corrected chi connectivity index (χ4v) is 5.13. The van der Waals surface area contributed by atoms with Crippen molar-refractivity contribution in [3.63, 3.8) is 0 Å². The van der Waals surface area contributed by atoms with Crippen LogP contribution in [0.25, 0.3) is 0 Å². The predicted octanol–water partition coefficient (Wildman–Crippen LogP) is 3.82. The van der Waals surface area contributed by atoms with E-state index in [-0.39, 0.29) is 17.8 Å². The molecule has 0 N–H and O–H groups in total. The Kier molecular flexibility index (Phi) is 5.21. The second-order valence-electron chi connectivity index (χ2n) is 7.93. The van der Waals surface area contributed by atoms with Gasteiger partial charge in [-0.3, -0.25) is 4.79 Å². The lowest BCUT2D eigenvalue weighted by Gasteiger charge is -2.33. The van der Waals surface area contributed by atoms with Gasteiger partial charge in [-0.25, -0.2) is 9.37 Å². The molecule has 0 saturated carbocycles. The first-order valence-corrected chi connectivity index (χ1v) is 11.1. The topological polar surface area (TPSA) is 49.3 Å². The van der Waals surface area contributed by atoms with Crippen LogP contribution in [0.15, 0.2) is 48.5 Å². The van der Waals surface area contributed by atoms with Crippen molar-refractivity contribution in [3.8, 4) is 0 Å². The fraction of sp³-hybridized carbons (Fsp3) is 0.348. The van der Waals surface area contributed by atoms with Crippen molar-refractivity contribution in [1.29, 1.82) is 0 Å². The van der Waals surface area contributed by atoms with Crippen LogP contribution in [0.3, 0.4) is 0 Å². The van der Waals surface area contributed by atoms with Crippen LogP contribution in [0.4, 0.5) is 9.52 Å². The molecule has 1 aromatic heterocycles. The van der Waals surface area contributed by atoms with Gasteiger partial charge >= 0.3 is 0 Å². The van der Waals surface area contributed by atoms with E-state index >= 15 is 0 Å². The molecule has 5 nitrogen and oxygen atoms in total. The zero-order valence-electron chi connectivity index (χ0n) is 16.6. The second kappa shape index (κ2) is 8.14. The number of amides is 1. The van der Waals surface area contributed by atoms with E-state index in [2.05, 4.69) is 27.5 Å². The molecule has 2 aliphatic rings. The molecule has 0 radical (unpaired) electrons. The summed E-state index contributed by atoms with van der Waals surface area (Å²) in [5.74, 6) is 0.660. The molecule has 154 valence electrons. The number of hydrogen-bond donors (Lipinski definition) is 0. The van der Waals surface area contributed by atoms with E-state index in [9.17, 15) is 9.18 Å². The average Bonchev–Trinajstić information content (AvgIpc) is 3.44. The number of carbonyl (C=O) groups is 1. The van der Waals surface area contributed by atoms with Crippen LogP contribution < -0.4 is 4.90 Å². The highest BCUT2D eigenvalue weighted by Gasteiger charge is 2.36. The first-order valence-electron chi connectivity index (χ1n) is 10.4. The zero-order chi connectivity index (χ0) is 20.5. The Hall–Kier alpha value is -2.80. The Morgan fingerprint density at radius 2 is 1.90 bits per heavy atom. The zero-order valence-corrected chi connectivity index (χ0v) is 17.4. The summed E-state index contributed by atoms with van der Waals surface area (Å²) in [7, 11) is 0. The predicted molar refractivity (Wildman–Crippen MR) is 115 cm³/mol. The van der Waals surface area contributed by atoms with Gasteiger partial charge < -0.3 is 9.80 Å². The highest BCUT2D eigenvalue weighted by atomic mass is 32.1. The minimum atomic E-state index is -0.246. The number of aromatic nitrogens is 2. The fourth-order valence-electron chi connectivity index (χ4n) is 4.37. The van der Waals surface area contributed by atoms with Crippen LogP contribution in [0.1, 0.15) is 35.4 Å². The van der Waals surface area contributed by atoms with Gasteiger partial charge in [0.15, 0.2) is 0 Å². The maximum atomic E-state index is 13.3. The van der Waals surface area contributed by atoms with E-state index in [0.29, 0.717) is 18.8 Å². The lowest BCUT2D eigenvalue weighted by atomic mass is 9.99. The molecular formula is C23H23FN4OS. The number of nitrogens with zero attached hydrogens (tertiary/aromatic N) is 4. The molecular weight excluding hydrogens is 399 g/mol. The number of fused-ring (bicyclic) bond motifs is 1. The standard InChI is InChI=1S/C23H23FN4OS/c24-19-9-7-16(8-10-19)14-21-25-23(30-26-21)28-12-3-6-20(28)22(29)27-13-11-17-4-1-2-5-18(17)15-27/h1-2,4-5,7-10,20H,3,6,11-15H2. The first-order chi connectivity index (χ1) is 14.7. The van der Waals surface area contributed by atoms with E-state index in [1.54, 1.807) is 12.1 Å². The van der Waals surface area contributed by atoms with E-state index in [1.165, 1.54) is 34.8 Å². The van der Waals surface area contributed by atoms with Crippen LogP contribution >= 0.6 is 11.5 Å². The van der Waals surface area contributed by atoms with Crippen molar-refractivity contribution >= 4 is 22.6 Å². The molecule has 30 heavy (non-hydrogen) atoms. The monoisotopic (exact) mass is 422 g/mol. The minimum absolute atomic E-state index is 0.165. The Bertz CT molecular complexity index is 1050. The maximum absolute atomic E-state index is 13.3. The molecule has 2 aliphatic heterocycles. The van der Waals surface area contributed by atoms with Crippen LogP contribution in [-0.2, 0) is 24.2 Å². The summed E-state index contributed by atoms with van der Waals surface area (Å²) >= 11 is 1.35. The maximum Gasteiger partial charge on any atom is 0.245 e. The van der Waals surface area contributed by atoms with Gasteiger partial charge in [-0.2, -0.15) is 4.37 Å². The Labute approximate surface area is 179 Å². The van der Waals surface area contributed by atoms with Crippen molar-refractivity contribution in [1.82, 2.24) is 14.3 Å². The smallest absolute Gasteiger partial charge is 0.245 e. The number of rotatable bonds is 4. The summed E-state index contributed by atoms with van der Waals surface area (Å²) in [6.45, 7) is 2.28. The molecule has 0 spiro atoms. The summed E-state index contributed by atoms with van der Waals surface area (Å²) in [5, 5.41) is 0.806. The summed E-state index contributed by atoms with van der Waals surface area (Å²) in [5.41, 5.74) is 3.57. The Balaban J connectivity index is 1.29. The third kappa shape index (κ3) is 3.81. The SMILES string of the molecule is O=C(C1CCCN1c1nc(Cc2ccc(F)cc2)ns1)N1CCc2ccccc2C1. The van der Waals surface area contributed by atoms with Gasteiger partial charge in [-0.05, 0) is 48.1 Å². The van der Waals surface area contributed by atoms with Gasteiger partial charge in [0.05, 0.1) is 0 Å². The third-order valence-electron chi connectivity index (χ3n) is 5.96. The highest BCUT2D eigenvalue weighted by molar-refractivity contribution is 7.09. The molecule has 0 bridgehead atoms. The quantitative estimate of drug-likeness (QED) is 0.641. The van der Waals surface area contributed by atoms with E-state index < -0.39 is 0 Å². The van der Waals surface area contributed by atoms with Gasteiger partial charge in [0.1, 0.15) is 17.7 Å². The number of carbonyl (C=O) groups excluding carboxylic acids is 1. The molecule has 0 aliphatic carbocycles. The summed E-state index contributed by atoms with van der Waals surface area (Å²) in [4.78, 5) is 22.1. The normalized spacial score (nSPS) is 18.5. The summed E-state index contributed by atoms with van der Waals surface area (Å²) in [6.07, 6.45) is 3.30. The molecule has 7 heteroatoms. The molecule has 2 aromatic carbocycles. The number of hydrogen-bond acceptors (Lipinski definition) is 5. The molecule has 5 rings (SSSR count). The van der Waals surface area contributed by atoms with Crippen molar-refractivity contribution in [2.45, 2.75) is 38.3 Å². The minimum Gasteiger partial charge on any atom is -0.336 e. The Morgan fingerprint density at radius 3 is 2.73 bits per heavy atom. The van der Waals surface area contributed by atoms with Crippen LogP contribution in [0, 0.1) is 5.82 Å². The van der Waals surface area contributed by atoms with Crippen molar-refractivity contribution in [2.24, 2.45) is 0 Å². The molecule has 3 heterocycles. The molecule has 1 atom stereocenters. The molecule has 3 aromatic rings. The van der Waals surface area contributed by atoms with Crippen molar-refractivity contribution in [2.75, 3.05) is 18.0 Å². The third-order valence-corrected chi connectivity index (χ3v) is 6.75. The van der Waals surface area contributed by atoms with Gasteiger partial charge in [-0.1, -0.05) is 36.4 Å². The van der Waals surface area contributed by atoms with Crippen molar-refractivity contribution < 1.29 is 9.18 Å². The molecule has 1 unspecified atom stereocenters. The van der Waals surface area contributed by atoms with Gasteiger partial charge in [0.25, 0.3) is 0 Å². The van der Waals surface area contributed by atoms with Crippen LogP contribution in [0.2, 0.25) is 0 Å². The lowest BCUT2D eigenvalue weighted by Crippen LogP contribution is -2.47. The average molecular weight is 423 g/mol. The first kappa shape index (κ1) is 19.2.